The van der Waals surface area contributed by atoms with Crippen LogP contribution in [-0.4, -0.2) is 24.1 Å². The molecule has 1 heterocycles. The van der Waals surface area contributed by atoms with E-state index in [-0.39, 0.29) is 11.6 Å². The van der Waals surface area contributed by atoms with Crippen molar-refractivity contribution in [2.45, 2.75) is 13.0 Å². The van der Waals surface area contributed by atoms with E-state index >= 15 is 0 Å². The number of methoxy groups -OCH3 is 1. The molecule has 0 aliphatic rings. The van der Waals surface area contributed by atoms with E-state index in [1.54, 1.807) is 25.3 Å². The number of hydrogen-bond acceptors (Lipinski definition) is 4. The highest BCUT2D eigenvalue weighted by molar-refractivity contribution is 5.79. The minimum absolute atomic E-state index is 0.00852. The maximum atomic E-state index is 11.9. The molecule has 0 radical (unpaired) electrons. The van der Waals surface area contributed by atoms with Crippen molar-refractivity contribution in [1.29, 1.82) is 0 Å². The van der Waals surface area contributed by atoms with E-state index in [1.165, 1.54) is 0 Å². The largest absolute Gasteiger partial charge is 0.497 e. The van der Waals surface area contributed by atoms with Crippen LogP contribution in [0, 0.1) is 0 Å². The Bertz CT molecular complexity index is 592. The molecule has 0 amide bonds. The number of rotatable bonds is 3. The lowest BCUT2D eigenvalue weighted by Gasteiger charge is -2.10. The molecule has 1 atom stereocenters. The number of aromatic amines is 1. The third-order valence-corrected chi connectivity index (χ3v) is 2.77. The molecule has 0 saturated carbocycles. The molecule has 2 aromatic rings. The standard InChI is InChI=1S/C12H15N3O2/c1-7(13-2)11-14-10-5-4-8(17-3)6-9(10)12(16)15-11/h4-7,13H,1-3H3,(H,14,15,16). The van der Waals surface area contributed by atoms with Crippen LogP contribution in [0.5, 0.6) is 5.75 Å². The van der Waals surface area contributed by atoms with Gasteiger partial charge in [-0.05, 0) is 32.2 Å². The van der Waals surface area contributed by atoms with Gasteiger partial charge in [0.25, 0.3) is 5.56 Å². The van der Waals surface area contributed by atoms with Crippen LogP contribution in [0.1, 0.15) is 18.8 Å². The van der Waals surface area contributed by atoms with Crippen LogP contribution in [0.2, 0.25) is 0 Å². The zero-order valence-corrected chi connectivity index (χ0v) is 10.1. The Morgan fingerprint density at radius 2 is 2.24 bits per heavy atom. The van der Waals surface area contributed by atoms with Crippen LogP contribution < -0.4 is 15.6 Å². The fraction of sp³-hybridized carbons (Fsp3) is 0.333. The van der Waals surface area contributed by atoms with Crippen LogP contribution in [-0.2, 0) is 0 Å². The average molecular weight is 233 g/mol. The molecule has 1 aromatic carbocycles. The SMILES string of the molecule is CNC(C)c1nc2ccc(OC)cc2c(=O)[nH]1. The van der Waals surface area contributed by atoms with Crippen LogP contribution >= 0.6 is 0 Å². The summed E-state index contributed by atoms with van der Waals surface area (Å²) in [7, 11) is 3.39. The third-order valence-electron chi connectivity index (χ3n) is 2.77. The first-order chi connectivity index (χ1) is 8.15. The summed E-state index contributed by atoms with van der Waals surface area (Å²) >= 11 is 0. The van der Waals surface area contributed by atoms with Crippen molar-refractivity contribution in [1.82, 2.24) is 15.3 Å². The molecule has 0 saturated heterocycles. The lowest BCUT2D eigenvalue weighted by molar-refractivity contribution is 0.415. The maximum absolute atomic E-state index is 11.9. The number of benzene rings is 1. The maximum Gasteiger partial charge on any atom is 0.258 e. The zero-order chi connectivity index (χ0) is 12.4. The molecule has 0 bridgehead atoms. The number of H-pyrrole nitrogens is 1. The van der Waals surface area contributed by atoms with Crippen molar-refractivity contribution in [2.75, 3.05) is 14.2 Å². The summed E-state index contributed by atoms with van der Waals surface area (Å²) < 4.78 is 5.08. The van der Waals surface area contributed by atoms with Gasteiger partial charge < -0.3 is 15.0 Å². The van der Waals surface area contributed by atoms with Crippen molar-refractivity contribution in [2.24, 2.45) is 0 Å². The molecule has 0 aliphatic carbocycles. The lowest BCUT2D eigenvalue weighted by Crippen LogP contribution is -2.20. The molecule has 1 aromatic heterocycles. The first-order valence-corrected chi connectivity index (χ1v) is 5.41. The molecule has 90 valence electrons. The van der Waals surface area contributed by atoms with Crippen molar-refractivity contribution >= 4 is 10.9 Å². The summed E-state index contributed by atoms with van der Waals surface area (Å²) in [6.45, 7) is 1.94. The molecule has 0 fully saturated rings. The van der Waals surface area contributed by atoms with E-state index in [0.29, 0.717) is 22.5 Å². The minimum atomic E-state index is -0.147. The number of fused-ring (bicyclic) bond motifs is 1. The molecule has 17 heavy (non-hydrogen) atoms. The Morgan fingerprint density at radius 3 is 2.88 bits per heavy atom. The van der Waals surface area contributed by atoms with Crippen LogP contribution in [0.25, 0.3) is 10.9 Å². The Labute approximate surface area is 98.8 Å². The van der Waals surface area contributed by atoms with Gasteiger partial charge in [-0.15, -0.1) is 0 Å². The highest BCUT2D eigenvalue weighted by atomic mass is 16.5. The zero-order valence-electron chi connectivity index (χ0n) is 10.1. The quantitative estimate of drug-likeness (QED) is 0.836. The average Bonchev–Trinajstić information content (AvgIpc) is 2.37. The number of nitrogens with one attached hydrogen (secondary N) is 2. The van der Waals surface area contributed by atoms with Crippen molar-refractivity contribution in [3.05, 3.63) is 34.4 Å². The predicted octanol–water partition coefficient (Wildman–Crippen LogP) is 1.21. The molecule has 2 rings (SSSR count). The van der Waals surface area contributed by atoms with Crippen LogP contribution in [0.3, 0.4) is 0 Å². The summed E-state index contributed by atoms with van der Waals surface area (Å²) in [6.07, 6.45) is 0. The lowest BCUT2D eigenvalue weighted by atomic mass is 10.2. The van der Waals surface area contributed by atoms with Crippen molar-refractivity contribution in [3.63, 3.8) is 0 Å². The molecular weight excluding hydrogens is 218 g/mol. The molecule has 0 aliphatic heterocycles. The molecule has 5 heteroatoms. The monoisotopic (exact) mass is 233 g/mol. The van der Waals surface area contributed by atoms with Gasteiger partial charge in [0.2, 0.25) is 0 Å². The second-order valence-corrected chi connectivity index (χ2v) is 3.84. The number of hydrogen-bond donors (Lipinski definition) is 2. The van der Waals surface area contributed by atoms with Crippen molar-refractivity contribution < 1.29 is 4.74 Å². The van der Waals surface area contributed by atoms with Gasteiger partial charge in [-0.3, -0.25) is 4.79 Å². The molecule has 0 spiro atoms. The Hall–Kier alpha value is -1.88. The highest BCUT2D eigenvalue weighted by Crippen LogP contribution is 2.17. The predicted molar refractivity (Wildman–Crippen MR) is 66.4 cm³/mol. The molecular formula is C12H15N3O2. The Kier molecular flexibility index (Phi) is 3.10. The normalized spacial score (nSPS) is 12.6. The second-order valence-electron chi connectivity index (χ2n) is 3.84. The van der Waals surface area contributed by atoms with Crippen molar-refractivity contribution in [3.8, 4) is 5.75 Å². The van der Waals surface area contributed by atoms with Gasteiger partial charge in [-0.25, -0.2) is 4.98 Å². The van der Waals surface area contributed by atoms with Gasteiger partial charge in [-0.2, -0.15) is 0 Å². The summed E-state index contributed by atoms with van der Waals surface area (Å²) in [6, 6.07) is 5.28. The molecule has 5 nitrogen and oxygen atoms in total. The van der Waals surface area contributed by atoms with Gasteiger partial charge in [0.1, 0.15) is 11.6 Å². The van der Waals surface area contributed by atoms with E-state index < -0.39 is 0 Å². The number of ether oxygens (including phenoxy) is 1. The topological polar surface area (TPSA) is 67.0 Å². The van der Waals surface area contributed by atoms with E-state index in [4.69, 9.17) is 4.74 Å². The third kappa shape index (κ3) is 2.14. The molecule has 1 unspecified atom stereocenters. The number of nitrogens with zero attached hydrogens (tertiary/aromatic N) is 1. The first kappa shape index (κ1) is 11.6. The summed E-state index contributed by atoms with van der Waals surface area (Å²) in [5.74, 6) is 1.29. The number of aromatic nitrogens is 2. The van der Waals surface area contributed by atoms with Gasteiger partial charge in [0, 0.05) is 0 Å². The summed E-state index contributed by atoms with van der Waals surface area (Å²) in [4.78, 5) is 19.1. The smallest absolute Gasteiger partial charge is 0.258 e. The van der Waals surface area contributed by atoms with Gasteiger partial charge >= 0.3 is 0 Å². The van der Waals surface area contributed by atoms with Gasteiger partial charge in [-0.1, -0.05) is 0 Å². The van der Waals surface area contributed by atoms with Gasteiger partial charge in [0.05, 0.1) is 24.1 Å². The highest BCUT2D eigenvalue weighted by Gasteiger charge is 2.09. The van der Waals surface area contributed by atoms with E-state index in [0.717, 1.165) is 0 Å². The van der Waals surface area contributed by atoms with E-state index in [1.807, 2.05) is 14.0 Å². The van der Waals surface area contributed by atoms with E-state index in [9.17, 15) is 4.79 Å². The molecule has 2 N–H and O–H groups in total. The Balaban J connectivity index is 2.63. The fourth-order valence-electron chi connectivity index (χ4n) is 1.60. The van der Waals surface area contributed by atoms with E-state index in [2.05, 4.69) is 15.3 Å². The van der Waals surface area contributed by atoms with Crippen LogP contribution in [0.4, 0.5) is 0 Å². The van der Waals surface area contributed by atoms with Crippen LogP contribution in [0.15, 0.2) is 23.0 Å². The second kappa shape index (κ2) is 4.55. The minimum Gasteiger partial charge on any atom is -0.497 e. The first-order valence-electron chi connectivity index (χ1n) is 5.41. The fourth-order valence-corrected chi connectivity index (χ4v) is 1.60. The summed E-state index contributed by atoms with van der Waals surface area (Å²) in [5, 5.41) is 3.58. The summed E-state index contributed by atoms with van der Waals surface area (Å²) in [5.41, 5.74) is 0.526. The van der Waals surface area contributed by atoms with Gasteiger partial charge in [0.15, 0.2) is 0 Å². The Morgan fingerprint density at radius 1 is 1.47 bits per heavy atom.